The first kappa shape index (κ1) is 11.4. The summed E-state index contributed by atoms with van der Waals surface area (Å²) in [6.45, 7) is 0. The molecule has 3 heteroatoms. The molecule has 19 heavy (non-hydrogen) atoms. The van der Waals surface area contributed by atoms with Crippen molar-refractivity contribution in [3.8, 4) is 0 Å². The fourth-order valence-electron chi connectivity index (χ4n) is 3.06. The highest BCUT2D eigenvalue weighted by Gasteiger charge is 2.28. The number of aromatic nitrogens is 2. The first-order chi connectivity index (χ1) is 9.29. The highest BCUT2D eigenvalue weighted by atomic mass is 32.1. The molecule has 1 N–H and O–H groups in total. The molecule has 2 aromatic rings. The molecule has 1 aromatic heterocycles. The van der Waals surface area contributed by atoms with Crippen molar-refractivity contribution in [3.63, 3.8) is 0 Å². The standard InChI is InChI=1S/C16H16N2S/c19-15-9-14(10-5-6-10)17-16(18-15)13-7-11-3-1-2-4-12(11)8-13/h1-4,9-10,13H,5-8H2,(H,17,18,19). The largest absolute Gasteiger partial charge is 0.347 e. The predicted octanol–water partition coefficient (Wildman–Crippen LogP) is 3.90. The van der Waals surface area contributed by atoms with Gasteiger partial charge in [-0.25, -0.2) is 4.98 Å². The highest BCUT2D eigenvalue weighted by Crippen LogP contribution is 2.40. The number of nitrogens with zero attached hydrogens (tertiary/aromatic N) is 1. The Hall–Kier alpha value is -1.48. The van der Waals surface area contributed by atoms with Gasteiger partial charge in [0.15, 0.2) is 0 Å². The number of fused-ring (bicyclic) bond motifs is 1. The van der Waals surface area contributed by atoms with Crippen LogP contribution >= 0.6 is 12.2 Å². The zero-order valence-corrected chi connectivity index (χ0v) is 11.5. The molecule has 2 aliphatic rings. The van der Waals surface area contributed by atoms with Gasteiger partial charge in [0.2, 0.25) is 0 Å². The summed E-state index contributed by atoms with van der Waals surface area (Å²) >= 11 is 5.32. The zero-order valence-electron chi connectivity index (χ0n) is 10.7. The third-order valence-electron chi connectivity index (χ3n) is 4.24. The lowest BCUT2D eigenvalue weighted by molar-refractivity contribution is 0.672. The molecule has 1 heterocycles. The average molecular weight is 268 g/mol. The second kappa shape index (κ2) is 4.27. The maximum Gasteiger partial charge on any atom is 0.130 e. The van der Waals surface area contributed by atoms with Crippen LogP contribution < -0.4 is 0 Å². The Balaban J connectivity index is 1.69. The van der Waals surface area contributed by atoms with Crippen molar-refractivity contribution in [2.24, 2.45) is 0 Å². The summed E-state index contributed by atoms with van der Waals surface area (Å²) in [4.78, 5) is 8.11. The Labute approximate surface area is 117 Å². The van der Waals surface area contributed by atoms with E-state index in [9.17, 15) is 0 Å². The molecule has 2 nitrogen and oxygen atoms in total. The molecule has 0 bridgehead atoms. The van der Waals surface area contributed by atoms with Gasteiger partial charge in [0, 0.05) is 11.6 Å². The molecular formula is C16H16N2S. The van der Waals surface area contributed by atoms with Crippen LogP contribution in [0.5, 0.6) is 0 Å². The number of rotatable bonds is 2. The lowest BCUT2D eigenvalue weighted by Crippen LogP contribution is -2.06. The van der Waals surface area contributed by atoms with Crippen LogP contribution in [0.2, 0.25) is 0 Å². The van der Waals surface area contributed by atoms with Crippen molar-refractivity contribution in [2.45, 2.75) is 37.5 Å². The van der Waals surface area contributed by atoms with Gasteiger partial charge in [-0.2, -0.15) is 0 Å². The van der Waals surface area contributed by atoms with Crippen molar-refractivity contribution in [1.29, 1.82) is 0 Å². The minimum absolute atomic E-state index is 0.470. The Bertz CT molecular complexity index is 660. The Morgan fingerprint density at radius 2 is 1.74 bits per heavy atom. The van der Waals surface area contributed by atoms with Crippen molar-refractivity contribution in [1.82, 2.24) is 9.97 Å². The van der Waals surface area contributed by atoms with Gasteiger partial charge in [-0.05, 0) is 48.8 Å². The fraction of sp³-hybridized carbons (Fsp3) is 0.375. The molecule has 0 atom stereocenters. The smallest absolute Gasteiger partial charge is 0.130 e. The number of H-pyrrole nitrogens is 1. The lowest BCUT2D eigenvalue weighted by atomic mass is 10.1. The molecule has 0 radical (unpaired) electrons. The lowest BCUT2D eigenvalue weighted by Gasteiger charge is -2.10. The molecule has 4 rings (SSSR count). The molecule has 2 aliphatic carbocycles. The van der Waals surface area contributed by atoms with Gasteiger partial charge in [0.1, 0.15) is 10.5 Å². The van der Waals surface area contributed by atoms with Crippen LogP contribution in [0.4, 0.5) is 0 Å². The molecule has 0 unspecified atom stereocenters. The van der Waals surface area contributed by atoms with Gasteiger partial charge < -0.3 is 4.98 Å². The summed E-state index contributed by atoms with van der Waals surface area (Å²) in [5, 5.41) is 0. The molecule has 0 aliphatic heterocycles. The maximum absolute atomic E-state index is 5.32. The maximum atomic E-state index is 5.32. The van der Waals surface area contributed by atoms with Crippen LogP contribution in [0.15, 0.2) is 30.3 Å². The molecule has 1 fully saturated rings. The van der Waals surface area contributed by atoms with Gasteiger partial charge in [-0.3, -0.25) is 0 Å². The zero-order chi connectivity index (χ0) is 12.8. The van der Waals surface area contributed by atoms with E-state index in [1.165, 1.54) is 29.7 Å². The van der Waals surface area contributed by atoms with E-state index >= 15 is 0 Å². The minimum atomic E-state index is 0.470. The Morgan fingerprint density at radius 1 is 1.05 bits per heavy atom. The third-order valence-corrected chi connectivity index (χ3v) is 4.45. The van der Waals surface area contributed by atoms with Crippen LogP contribution in [0.1, 0.15) is 47.3 Å². The molecule has 0 spiro atoms. The number of hydrogen-bond acceptors (Lipinski definition) is 2. The highest BCUT2D eigenvalue weighted by molar-refractivity contribution is 7.71. The fourth-order valence-corrected chi connectivity index (χ4v) is 3.28. The Morgan fingerprint density at radius 3 is 2.37 bits per heavy atom. The van der Waals surface area contributed by atoms with Gasteiger partial charge in [0.05, 0.1) is 0 Å². The van der Waals surface area contributed by atoms with E-state index in [1.54, 1.807) is 0 Å². The van der Waals surface area contributed by atoms with E-state index in [2.05, 4.69) is 34.2 Å². The second-order valence-corrected chi connectivity index (χ2v) is 6.13. The number of aromatic amines is 1. The van der Waals surface area contributed by atoms with Crippen LogP contribution in [0, 0.1) is 4.64 Å². The summed E-state index contributed by atoms with van der Waals surface area (Å²) in [5.74, 6) is 2.26. The van der Waals surface area contributed by atoms with Crippen molar-refractivity contribution < 1.29 is 0 Å². The first-order valence-corrected chi connectivity index (χ1v) is 7.38. The summed E-state index contributed by atoms with van der Waals surface area (Å²) in [6.07, 6.45) is 4.75. The molecular weight excluding hydrogens is 252 g/mol. The summed E-state index contributed by atoms with van der Waals surface area (Å²) in [5.41, 5.74) is 4.22. The van der Waals surface area contributed by atoms with Gasteiger partial charge in [-0.1, -0.05) is 36.5 Å². The summed E-state index contributed by atoms with van der Waals surface area (Å²) < 4.78 is 0.742. The first-order valence-electron chi connectivity index (χ1n) is 6.97. The number of nitrogens with one attached hydrogen (secondary N) is 1. The molecule has 0 saturated heterocycles. The normalized spacial score (nSPS) is 18.5. The van der Waals surface area contributed by atoms with E-state index in [-0.39, 0.29) is 0 Å². The predicted molar refractivity (Wildman–Crippen MR) is 78.0 cm³/mol. The van der Waals surface area contributed by atoms with E-state index in [4.69, 9.17) is 12.2 Å². The summed E-state index contributed by atoms with van der Waals surface area (Å²) in [7, 11) is 0. The Kier molecular flexibility index (Phi) is 2.55. The van der Waals surface area contributed by atoms with Crippen molar-refractivity contribution in [2.75, 3.05) is 0 Å². The van der Waals surface area contributed by atoms with Gasteiger partial charge in [-0.15, -0.1) is 0 Å². The second-order valence-electron chi connectivity index (χ2n) is 5.71. The molecule has 1 saturated carbocycles. The van der Waals surface area contributed by atoms with Crippen LogP contribution in [0.3, 0.4) is 0 Å². The van der Waals surface area contributed by atoms with Crippen molar-refractivity contribution in [3.05, 3.63) is 57.6 Å². The number of hydrogen-bond donors (Lipinski definition) is 1. The van der Waals surface area contributed by atoms with E-state index in [1.807, 2.05) is 6.07 Å². The van der Waals surface area contributed by atoms with Crippen LogP contribution in [-0.4, -0.2) is 9.97 Å². The monoisotopic (exact) mass is 268 g/mol. The van der Waals surface area contributed by atoms with E-state index in [0.29, 0.717) is 11.8 Å². The van der Waals surface area contributed by atoms with Gasteiger partial charge >= 0.3 is 0 Å². The topological polar surface area (TPSA) is 28.7 Å². The van der Waals surface area contributed by atoms with E-state index < -0.39 is 0 Å². The average Bonchev–Trinajstić information content (AvgIpc) is 3.17. The molecule has 96 valence electrons. The van der Waals surface area contributed by atoms with Crippen LogP contribution in [0.25, 0.3) is 0 Å². The van der Waals surface area contributed by atoms with Crippen LogP contribution in [-0.2, 0) is 12.8 Å². The van der Waals surface area contributed by atoms with Crippen molar-refractivity contribution >= 4 is 12.2 Å². The minimum Gasteiger partial charge on any atom is -0.347 e. The molecule has 0 amide bonds. The van der Waals surface area contributed by atoms with E-state index in [0.717, 1.165) is 23.3 Å². The molecule has 1 aromatic carbocycles. The SMILES string of the molecule is S=c1cc(C2CC2)[nH]c(C2Cc3ccccc3C2)n1. The quantitative estimate of drug-likeness (QED) is 0.837. The third kappa shape index (κ3) is 2.12. The number of benzene rings is 1. The van der Waals surface area contributed by atoms with Gasteiger partial charge in [0.25, 0.3) is 0 Å². The summed E-state index contributed by atoms with van der Waals surface area (Å²) in [6, 6.07) is 10.7.